The molecule has 2 aliphatic rings. The van der Waals surface area contributed by atoms with E-state index in [1.54, 1.807) is 6.20 Å². The molecule has 1 aromatic carbocycles. The van der Waals surface area contributed by atoms with Crippen molar-refractivity contribution in [2.45, 2.75) is 19.3 Å². The second kappa shape index (κ2) is 5.16. The molecule has 0 saturated carbocycles. The van der Waals surface area contributed by atoms with Crippen LogP contribution >= 0.6 is 0 Å². The first-order valence-corrected chi connectivity index (χ1v) is 7.85. The summed E-state index contributed by atoms with van der Waals surface area (Å²) < 4.78 is 9.84. The summed E-state index contributed by atoms with van der Waals surface area (Å²) in [5, 5.41) is 0. The fourth-order valence-corrected chi connectivity index (χ4v) is 3.99. The number of esters is 2. The molecule has 0 aliphatic heterocycles. The highest BCUT2D eigenvalue weighted by molar-refractivity contribution is 6.02. The van der Waals surface area contributed by atoms with Gasteiger partial charge in [-0.1, -0.05) is 24.3 Å². The molecule has 1 aromatic heterocycles. The maximum Gasteiger partial charge on any atom is 0.323 e. The van der Waals surface area contributed by atoms with Crippen molar-refractivity contribution in [1.82, 2.24) is 4.98 Å². The van der Waals surface area contributed by atoms with Crippen LogP contribution in [0.5, 0.6) is 0 Å². The maximum atomic E-state index is 12.4. The van der Waals surface area contributed by atoms with Crippen LogP contribution in [-0.2, 0) is 38.3 Å². The average Bonchev–Trinajstić information content (AvgIpc) is 3.18. The third-order valence-corrected chi connectivity index (χ3v) is 5.12. The van der Waals surface area contributed by atoms with E-state index < -0.39 is 17.4 Å². The Morgan fingerprint density at radius 1 is 1.04 bits per heavy atom. The van der Waals surface area contributed by atoms with E-state index in [1.165, 1.54) is 19.8 Å². The van der Waals surface area contributed by atoms with Gasteiger partial charge in [0.1, 0.15) is 0 Å². The predicted molar refractivity (Wildman–Crippen MR) is 86.4 cm³/mol. The van der Waals surface area contributed by atoms with Crippen LogP contribution in [0.2, 0.25) is 0 Å². The second-order valence-corrected chi connectivity index (χ2v) is 6.34. The molecule has 5 nitrogen and oxygen atoms in total. The van der Waals surface area contributed by atoms with E-state index in [0.29, 0.717) is 6.42 Å². The first kappa shape index (κ1) is 14.9. The van der Waals surface area contributed by atoms with E-state index in [9.17, 15) is 9.59 Å². The number of methoxy groups -OCH3 is 2. The van der Waals surface area contributed by atoms with Gasteiger partial charge in [0, 0.05) is 31.0 Å². The summed E-state index contributed by atoms with van der Waals surface area (Å²) in [6.45, 7) is 0. The maximum absolute atomic E-state index is 12.4. The molecule has 0 N–H and O–H groups in total. The van der Waals surface area contributed by atoms with Gasteiger partial charge in [-0.2, -0.15) is 0 Å². The van der Waals surface area contributed by atoms with Gasteiger partial charge in [-0.25, -0.2) is 0 Å². The topological polar surface area (TPSA) is 65.5 Å². The van der Waals surface area contributed by atoms with Gasteiger partial charge < -0.3 is 9.47 Å². The number of aromatic nitrogens is 1. The summed E-state index contributed by atoms with van der Waals surface area (Å²) in [6, 6.07) is 8.17. The number of hydrogen-bond acceptors (Lipinski definition) is 5. The number of rotatable bonds is 2. The van der Waals surface area contributed by atoms with Crippen LogP contribution in [0.3, 0.4) is 0 Å². The van der Waals surface area contributed by atoms with Gasteiger partial charge in [0.15, 0.2) is 5.41 Å². The van der Waals surface area contributed by atoms with Crippen LogP contribution in [0.25, 0.3) is 11.1 Å². The van der Waals surface area contributed by atoms with Gasteiger partial charge >= 0.3 is 11.9 Å². The van der Waals surface area contributed by atoms with E-state index in [1.807, 2.05) is 12.1 Å². The van der Waals surface area contributed by atoms with Crippen molar-refractivity contribution < 1.29 is 19.1 Å². The van der Waals surface area contributed by atoms with Crippen molar-refractivity contribution in [2.75, 3.05) is 14.2 Å². The minimum Gasteiger partial charge on any atom is -0.468 e. The van der Waals surface area contributed by atoms with Crippen LogP contribution in [0.15, 0.2) is 30.5 Å². The van der Waals surface area contributed by atoms with Crippen LogP contribution in [0.4, 0.5) is 0 Å². The molecule has 0 atom stereocenters. The summed E-state index contributed by atoms with van der Waals surface area (Å²) >= 11 is 0. The fraction of sp³-hybridized carbons (Fsp3) is 0.316. The third kappa shape index (κ3) is 1.84. The van der Waals surface area contributed by atoms with Crippen molar-refractivity contribution in [1.29, 1.82) is 0 Å². The Balaban J connectivity index is 1.87. The molecule has 0 radical (unpaired) electrons. The van der Waals surface area contributed by atoms with Crippen LogP contribution in [-0.4, -0.2) is 31.1 Å². The summed E-state index contributed by atoms with van der Waals surface area (Å²) in [5.74, 6) is -1.10. The molecule has 122 valence electrons. The van der Waals surface area contributed by atoms with E-state index in [0.717, 1.165) is 34.4 Å². The monoisotopic (exact) mass is 323 g/mol. The highest BCUT2D eigenvalue weighted by Crippen LogP contribution is 2.47. The number of hydrogen-bond donors (Lipinski definition) is 0. The normalized spacial score (nSPS) is 16.1. The van der Waals surface area contributed by atoms with Gasteiger partial charge in [-0.15, -0.1) is 0 Å². The Morgan fingerprint density at radius 2 is 1.75 bits per heavy atom. The molecule has 0 unspecified atom stereocenters. The molecule has 24 heavy (non-hydrogen) atoms. The lowest BCUT2D eigenvalue weighted by atomic mass is 9.84. The van der Waals surface area contributed by atoms with Gasteiger partial charge in [0.05, 0.1) is 19.9 Å². The molecule has 0 amide bonds. The lowest BCUT2D eigenvalue weighted by Gasteiger charge is -2.22. The lowest BCUT2D eigenvalue weighted by Crippen LogP contribution is -2.42. The van der Waals surface area contributed by atoms with E-state index in [4.69, 9.17) is 9.47 Å². The molecule has 2 aromatic rings. The SMILES string of the molecule is COC(=O)C1(C(=O)OC)Cc2cnc3c(c2C1)-c1ccccc1C3. The Bertz CT molecular complexity index is 856. The van der Waals surface area contributed by atoms with Crippen molar-refractivity contribution in [3.8, 4) is 11.1 Å². The minimum atomic E-state index is -1.31. The Kier molecular flexibility index (Phi) is 3.20. The van der Waals surface area contributed by atoms with E-state index in [2.05, 4.69) is 17.1 Å². The average molecular weight is 323 g/mol. The number of fused-ring (bicyclic) bond motifs is 5. The van der Waals surface area contributed by atoms with Crippen molar-refractivity contribution in [3.05, 3.63) is 52.8 Å². The summed E-state index contributed by atoms with van der Waals surface area (Å²) in [6.07, 6.45) is 3.13. The number of nitrogens with zero attached hydrogens (tertiary/aromatic N) is 1. The highest BCUT2D eigenvalue weighted by atomic mass is 16.5. The van der Waals surface area contributed by atoms with Gasteiger partial charge in [0.25, 0.3) is 0 Å². The number of carbonyl (C=O) groups excluding carboxylic acids is 2. The quantitative estimate of drug-likeness (QED) is 0.534. The molecule has 4 rings (SSSR count). The van der Waals surface area contributed by atoms with Crippen molar-refractivity contribution in [3.63, 3.8) is 0 Å². The molecule has 0 bridgehead atoms. The minimum absolute atomic E-state index is 0.268. The molecule has 1 heterocycles. The molecular formula is C19H17NO4. The van der Waals surface area contributed by atoms with Gasteiger partial charge in [0.2, 0.25) is 0 Å². The second-order valence-electron chi connectivity index (χ2n) is 6.34. The Morgan fingerprint density at radius 3 is 2.46 bits per heavy atom. The highest BCUT2D eigenvalue weighted by Gasteiger charge is 2.53. The van der Waals surface area contributed by atoms with Crippen LogP contribution in [0.1, 0.15) is 22.4 Å². The first-order chi connectivity index (χ1) is 11.6. The predicted octanol–water partition coefficient (Wildman–Crippen LogP) is 2.08. The molecular weight excluding hydrogens is 306 g/mol. The zero-order valence-corrected chi connectivity index (χ0v) is 13.6. The zero-order valence-electron chi connectivity index (χ0n) is 13.6. The molecule has 5 heteroatoms. The van der Waals surface area contributed by atoms with Gasteiger partial charge in [-0.05, 0) is 22.3 Å². The molecule has 0 saturated heterocycles. The Hall–Kier alpha value is -2.69. The van der Waals surface area contributed by atoms with Crippen molar-refractivity contribution >= 4 is 11.9 Å². The van der Waals surface area contributed by atoms with E-state index >= 15 is 0 Å². The molecule has 0 fully saturated rings. The summed E-state index contributed by atoms with van der Waals surface area (Å²) in [7, 11) is 2.60. The van der Waals surface area contributed by atoms with Crippen LogP contribution in [0, 0.1) is 5.41 Å². The standard InChI is InChI=1S/C19H17NO4/c1-23-17(21)19(18(22)24-2)8-12-10-20-15-7-11-5-3-4-6-13(11)16(15)14(12)9-19/h3-6,10H,7-9H2,1-2H3. The fourth-order valence-electron chi connectivity index (χ4n) is 3.99. The summed E-state index contributed by atoms with van der Waals surface area (Å²) in [4.78, 5) is 29.4. The molecule has 2 aliphatic carbocycles. The van der Waals surface area contributed by atoms with Crippen molar-refractivity contribution in [2.24, 2.45) is 5.41 Å². The number of carbonyl (C=O) groups is 2. The zero-order chi connectivity index (χ0) is 16.9. The molecule has 0 spiro atoms. The number of pyridine rings is 1. The largest absolute Gasteiger partial charge is 0.468 e. The Labute approximate surface area is 139 Å². The van der Waals surface area contributed by atoms with E-state index in [-0.39, 0.29) is 6.42 Å². The van der Waals surface area contributed by atoms with Crippen LogP contribution < -0.4 is 0 Å². The number of benzene rings is 1. The first-order valence-electron chi connectivity index (χ1n) is 7.85. The number of ether oxygens (including phenoxy) is 2. The lowest BCUT2D eigenvalue weighted by molar-refractivity contribution is -0.168. The smallest absolute Gasteiger partial charge is 0.323 e. The summed E-state index contributed by atoms with van der Waals surface area (Å²) in [5.41, 5.74) is 5.06. The van der Waals surface area contributed by atoms with Gasteiger partial charge in [-0.3, -0.25) is 14.6 Å². The third-order valence-electron chi connectivity index (χ3n) is 5.12.